The van der Waals surface area contributed by atoms with E-state index in [1.54, 1.807) is 42.3 Å². The molecule has 0 spiro atoms. The van der Waals surface area contributed by atoms with E-state index < -0.39 is 22.0 Å². The molecule has 0 radical (unpaired) electrons. The Hall–Kier alpha value is -4.42. The van der Waals surface area contributed by atoms with Crippen LogP contribution in [0, 0.1) is 5.92 Å². The van der Waals surface area contributed by atoms with Gasteiger partial charge in [-0.1, -0.05) is 38.1 Å². The maximum atomic E-state index is 13.5. The number of benzene rings is 3. The molecule has 3 aromatic carbocycles. The van der Waals surface area contributed by atoms with Gasteiger partial charge in [0.05, 0.1) is 43.2 Å². The lowest BCUT2D eigenvalue weighted by atomic mass is 10.00. The predicted molar refractivity (Wildman–Crippen MR) is 175 cm³/mol. The van der Waals surface area contributed by atoms with Gasteiger partial charge >= 0.3 is 0 Å². The van der Waals surface area contributed by atoms with E-state index in [4.69, 9.17) is 14.2 Å². The molecule has 11 nitrogen and oxygen atoms in total. The first-order valence-corrected chi connectivity index (χ1v) is 17.5. The number of likely N-dealkylation sites (tertiary alicyclic amines) is 1. The average molecular weight is 664 g/mol. The number of rotatable bonds is 6. The highest BCUT2D eigenvalue weighted by molar-refractivity contribution is 7.90. The lowest BCUT2D eigenvalue weighted by Crippen LogP contribution is -2.57. The molecule has 0 aliphatic carbocycles. The number of ether oxygens (including phenoxy) is 3. The number of amides is 3. The van der Waals surface area contributed by atoms with Crippen LogP contribution < -0.4 is 14.8 Å². The lowest BCUT2D eigenvalue weighted by molar-refractivity contribution is -0.137. The molecule has 0 unspecified atom stereocenters. The van der Waals surface area contributed by atoms with Gasteiger partial charge in [-0.3, -0.25) is 14.4 Å². The summed E-state index contributed by atoms with van der Waals surface area (Å²) in [6.45, 7) is 5.21. The number of nitrogens with zero attached hydrogens (tertiary/aromatic N) is 2. The molecule has 5 rings (SSSR count). The zero-order valence-electron chi connectivity index (χ0n) is 27.1. The van der Waals surface area contributed by atoms with Crippen molar-refractivity contribution < 1.29 is 37.0 Å². The fourth-order valence-electron chi connectivity index (χ4n) is 5.52. The summed E-state index contributed by atoms with van der Waals surface area (Å²) in [5, 5.41) is 3.04. The molecule has 250 valence electrons. The number of nitrogens with one attached hydrogen (secondary N) is 1. The molecule has 1 N–H and O–H groups in total. The fraction of sp³-hybridized carbons (Fsp3) is 0.400. The van der Waals surface area contributed by atoms with E-state index in [0.29, 0.717) is 47.9 Å². The lowest BCUT2D eigenvalue weighted by Gasteiger charge is -2.39. The van der Waals surface area contributed by atoms with Gasteiger partial charge in [0.15, 0.2) is 9.84 Å². The van der Waals surface area contributed by atoms with Crippen LogP contribution in [0.25, 0.3) is 0 Å². The number of sulfone groups is 1. The number of likely N-dealkylation sites (N-methyl/N-ethyl adjacent to an activating group) is 1. The SMILES string of the molecule is CC(C)COc1cc2cc(c1)C(=O)N(C)CC(=O)N[C@H]1CCN(C(=O)Cc3ccc(S(C)(=O)=O)cc3)C[C@@H]1OCc1cccc(c1)O2. The minimum absolute atomic E-state index is 0.102. The Morgan fingerprint density at radius 2 is 1.81 bits per heavy atom. The second-order valence-corrected chi connectivity index (χ2v) is 14.6. The Balaban J connectivity index is 1.36. The largest absolute Gasteiger partial charge is 0.493 e. The summed E-state index contributed by atoms with van der Waals surface area (Å²) in [5.41, 5.74) is 1.86. The van der Waals surface area contributed by atoms with Crippen molar-refractivity contribution in [1.29, 1.82) is 0 Å². The van der Waals surface area contributed by atoms with Crippen LogP contribution in [-0.2, 0) is 37.2 Å². The van der Waals surface area contributed by atoms with Crippen LogP contribution >= 0.6 is 0 Å². The first kappa shape index (κ1) is 33.9. The van der Waals surface area contributed by atoms with E-state index in [9.17, 15) is 22.8 Å². The summed E-state index contributed by atoms with van der Waals surface area (Å²) in [6.07, 6.45) is 1.18. The van der Waals surface area contributed by atoms with Crippen LogP contribution in [0.2, 0.25) is 0 Å². The van der Waals surface area contributed by atoms with E-state index in [2.05, 4.69) is 5.32 Å². The van der Waals surface area contributed by atoms with Crippen molar-refractivity contribution in [3.05, 3.63) is 83.4 Å². The highest BCUT2D eigenvalue weighted by atomic mass is 32.2. The van der Waals surface area contributed by atoms with Crippen molar-refractivity contribution in [2.24, 2.45) is 5.92 Å². The molecule has 12 heteroatoms. The number of carbonyl (C=O) groups excluding carboxylic acids is 3. The molecule has 1 fully saturated rings. The number of piperidine rings is 1. The van der Waals surface area contributed by atoms with Gasteiger partial charge in [0.1, 0.15) is 17.2 Å². The Kier molecular flexibility index (Phi) is 10.5. The summed E-state index contributed by atoms with van der Waals surface area (Å²) < 4.78 is 42.1. The minimum Gasteiger partial charge on any atom is -0.493 e. The molecule has 2 atom stereocenters. The second-order valence-electron chi connectivity index (χ2n) is 12.6. The molecular weight excluding hydrogens is 622 g/mol. The van der Waals surface area contributed by atoms with E-state index in [0.717, 1.165) is 11.8 Å². The quantitative estimate of drug-likeness (QED) is 0.421. The van der Waals surface area contributed by atoms with E-state index in [1.807, 2.05) is 38.1 Å². The zero-order valence-corrected chi connectivity index (χ0v) is 27.9. The number of carbonyl (C=O) groups is 3. The van der Waals surface area contributed by atoms with Gasteiger partial charge in [0, 0.05) is 38.0 Å². The molecular formula is C35H41N3O8S. The third kappa shape index (κ3) is 9.11. The van der Waals surface area contributed by atoms with Crippen LogP contribution in [-0.4, -0.2) is 87.6 Å². The maximum Gasteiger partial charge on any atom is 0.254 e. The molecule has 0 saturated carbocycles. The van der Waals surface area contributed by atoms with Crippen molar-refractivity contribution in [2.75, 3.05) is 39.5 Å². The molecule has 47 heavy (non-hydrogen) atoms. The van der Waals surface area contributed by atoms with Crippen molar-refractivity contribution in [2.45, 2.75) is 50.3 Å². The molecule has 2 aliphatic heterocycles. The normalized spacial score (nSPS) is 19.1. The first-order chi connectivity index (χ1) is 22.3. The molecule has 4 bridgehead atoms. The average Bonchev–Trinajstić information content (AvgIpc) is 3.02. The Morgan fingerprint density at radius 1 is 1.04 bits per heavy atom. The summed E-state index contributed by atoms with van der Waals surface area (Å²) in [5.74, 6) is 0.913. The second kappa shape index (κ2) is 14.6. The number of hydrogen-bond donors (Lipinski definition) is 1. The van der Waals surface area contributed by atoms with Crippen molar-refractivity contribution in [1.82, 2.24) is 15.1 Å². The van der Waals surface area contributed by atoms with Gasteiger partial charge in [-0.25, -0.2) is 8.42 Å². The smallest absolute Gasteiger partial charge is 0.254 e. The van der Waals surface area contributed by atoms with E-state index >= 15 is 0 Å². The van der Waals surface area contributed by atoms with Crippen LogP contribution in [0.3, 0.4) is 0 Å². The Labute approximate surface area is 275 Å². The molecule has 3 aromatic rings. The maximum absolute atomic E-state index is 13.5. The number of hydrogen-bond acceptors (Lipinski definition) is 8. The zero-order chi connectivity index (χ0) is 33.7. The molecule has 2 aliphatic rings. The monoisotopic (exact) mass is 663 g/mol. The van der Waals surface area contributed by atoms with Crippen LogP contribution in [0.15, 0.2) is 71.6 Å². The minimum atomic E-state index is -3.34. The van der Waals surface area contributed by atoms with Gasteiger partial charge < -0.3 is 29.3 Å². The highest BCUT2D eigenvalue weighted by Gasteiger charge is 2.34. The topological polar surface area (TPSA) is 132 Å². The Bertz CT molecular complexity index is 1720. The van der Waals surface area contributed by atoms with Crippen LogP contribution in [0.4, 0.5) is 0 Å². The summed E-state index contributed by atoms with van der Waals surface area (Å²) in [4.78, 5) is 43.2. The van der Waals surface area contributed by atoms with E-state index in [1.165, 1.54) is 17.0 Å². The van der Waals surface area contributed by atoms with Crippen molar-refractivity contribution >= 4 is 27.6 Å². The summed E-state index contributed by atoms with van der Waals surface area (Å²) in [6, 6.07) is 18.3. The highest BCUT2D eigenvalue weighted by Crippen LogP contribution is 2.30. The van der Waals surface area contributed by atoms with Crippen LogP contribution in [0.5, 0.6) is 17.2 Å². The molecule has 2 heterocycles. The van der Waals surface area contributed by atoms with Gasteiger partial charge in [-0.15, -0.1) is 0 Å². The van der Waals surface area contributed by atoms with Crippen molar-refractivity contribution in [3.8, 4) is 17.2 Å². The first-order valence-electron chi connectivity index (χ1n) is 15.6. The third-order valence-electron chi connectivity index (χ3n) is 8.00. The summed E-state index contributed by atoms with van der Waals surface area (Å²) in [7, 11) is -1.77. The number of fused-ring (bicyclic) bond motifs is 5. The molecule has 3 amide bonds. The van der Waals surface area contributed by atoms with Crippen molar-refractivity contribution in [3.63, 3.8) is 0 Å². The standard InChI is InChI=1S/C35H41N3O8S/c1-23(2)21-44-28-16-26-17-29(18-28)46-27-7-5-6-25(14-27)22-45-32-19-38(13-12-31(32)36-33(39)20-37(3)35(26)41)34(40)15-24-8-10-30(11-9-24)47(4,42)43/h5-11,14,16-18,23,31-32H,12-13,15,19-22H2,1-4H3,(H,36,39)/t31-,32-/m0/s1. The van der Waals surface area contributed by atoms with Crippen LogP contribution in [0.1, 0.15) is 41.8 Å². The molecule has 1 saturated heterocycles. The van der Waals surface area contributed by atoms with Gasteiger partial charge in [-0.2, -0.15) is 0 Å². The molecule has 0 aromatic heterocycles. The predicted octanol–water partition coefficient (Wildman–Crippen LogP) is 3.85. The van der Waals surface area contributed by atoms with E-state index in [-0.39, 0.29) is 54.7 Å². The third-order valence-corrected chi connectivity index (χ3v) is 9.13. The van der Waals surface area contributed by atoms with Gasteiger partial charge in [0.2, 0.25) is 11.8 Å². The summed E-state index contributed by atoms with van der Waals surface area (Å²) >= 11 is 0. The Morgan fingerprint density at radius 3 is 2.53 bits per heavy atom. The van der Waals surface area contributed by atoms with Gasteiger partial charge in [0.25, 0.3) is 5.91 Å². The van der Waals surface area contributed by atoms with Gasteiger partial charge in [-0.05, 0) is 59.9 Å². The fourth-order valence-corrected chi connectivity index (χ4v) is 6.15.